The maximum atomic E-state index is 12.9. The summed E-state index contributed by atoms with van der Waals surface area (Å²) in [6, 6.07) is 16.0. The van der Waals surface area contributed by atoms with Crippen molar-refractivity contribution in [3.8, 4) is 11.3 Å². The molecule has 0 unspecified atom stereocenters. The van der Waals surface area contributed by atoms with Gasteiger partial charge in [-0.1, -0.05) is 42.0 Å². The van der Waals surface area contributed by atoms with Crippen LogP contribution in [0, 0.1) is 13.8 Å². The van der Waals surface area contributed by atoms with Crippen LogP contribution in [0.1, 0.15) is 38.6 Å². The van der Waals surface area contributed by atoms with Crippen molar-refractivity contribution in [1.29, 1.82) is 0 Å². The number of nitrogens with one attached hydrogen (secondary N) is 1. The first-order chi connectivity index (χ1) is 15.0. The van der Waals surface area contributed by atoms with Crippen LogP contribution in [-0.2, 0) is 19.4 Å². The summed E-state index contributed by atoms with van der Waals surface area (Å²) in [6.45, 7) is 4.74. The number of aryl methyl sites for hydroxylation is 3. The normalized spacial score (nSPS) is 12.4. The van der Waals surface area contributed by atoms with Gasteiger partial charge in [0.1, 0.15) is 5.76 Å². The molecule has 4 aromatic rings. The molecule has 0 atom stereocenters. The minimum Gasteiger partial charge on any atom is -0.455 e. The molecule has 2 aromatic heterocycles. The van der Waals surface area contributed by atoms with Crippen LogP contribution in [0.3, 0.4) is 0 Å². The van der Waals surface area contributed by atoms with E-state index in [0.717, 1.165) is 46.4 Å². The number of amides is 1. The fraction of sp³-hybridized carbons (Fsp3) is 0.200. The smallest absolute Gasteiger partial charge is 0.291 e. The number of rotatable bonds is 4. The van der Waals surface area contributed by atoms with E-state index in [1.165, 1.54) is 16.7 Å². The Kier molecular flexibility index (Phi) is 5.02. The molecule has 0 spiro atoms. The van der Waals surface area contributed by atoms with E-state index < -0.39 is 0 Å². The fourth-order valence-electron chi connectivity index (χ4n) is 4.08. The van der Waals surface area contributed by atoms with Crippen LogP contribution >= 0.6 is 15.9 Å². The first-order valence-corrected chi connectivity index (χ1v) is 11.1. The summed E-state index contributed by atoms with van der Waals surface area (Å²) in [7, 11) is 0. The highest BCUT2D eigenvalue weighted by Gasteiger charge is 2.30. The lowest BCUT2D eigenvalue weighted by Crippen LogP contribution is -2.12. The lowest BCUT2D eigenvalue weighted by Gasteiger charge is -2.09. The summed E-state index contributed by atoms with van der Waals surface area (Å²) < 4.78 is 8.84. The number of anilines is 1. The Hall–Kier alpha value is -3.12. The molecule has 6 heteroatoms. The van der Waals surface area contributed by atoms with Gasteiger partial charge in [0.25, 0.3) is 5.91 Å². The number of halogens is 1. The molecule has 1 N–H and O–H groups in total. The number of benzene rings is 2. The lowest BCUT2D eigenvalue weighted by molar-refractivity contribution is 0.0994. The van der Waals surface area contributed by atoms with Gasteiger partial charge in [-0.25, -0.2) is 0 Å². The van der Waals surface area contributed by atoms with E-state index >= 15 is 0 Å². The molecule has 31 heavy (non-hydrogen) atoms. The number of furan rings is 1. The molecule has 2 aromatic carbocycles. The summed E-state index contributed by atoms with van der Waals surface area (Å²) >= 11 is 3.47. The van der Waals surface area contributed by atoms with E-state index in [2.05, 4.69) is 58.6 Å². The van der Waals surface area contributed by atoms with Gasteiger partial charge in [-0.15, -0.1) is 0 Å². The highest BCUT2D eigenvalue weighted by atomic mass is 79.9. The van der Waals surface area contributed by atoms with Crippen molar-refractivity contribution < 1.29 is 9.21 Å². The first kappa shape index (κ1) is 19.8. The van der Waals surface area contributed by atoms with Crippen molar-refractivity contribution in [3.63, 3.8) is 0 Å². The second kappa shape index (κ2) is 7.85. The Morgan fingerprint density at radius 1 is 1.13 bits per heavy atom. The summed E-state index contributed by atoms with van der Waals surface area (Å²) in [5.41, 5.74) is 7.08. The topological polar surface area (TPSA) is 60.1 Å². The van der Waals surface area contributed by atoms with Gasteiger partial charge in [0.15, 0.2) is 5.76 Å². The molecule has 0 saturated carbocycles. The zero-order chi connectivity index (χ0) is 21.5. The molecule has 0 radical (unpaired) electrons. The van der Waals surface area contributed by atoms with E-state index in [0.29, 0.717) is 11.4 Å². The highest BCUT2D eigenvalue weighted by molar-refractivity contribution is 9.10. The largest absolute Gasteiger partial charge is 0.455 e. The molecule has 0 saturated heterocycles. The molecule has 1 amide bonds. The minimum atomic E-state index is -0.251. The van der Waals surface area contributed by atoms with Crippen LogP contribution in [-0.4, -0.2) is 15.7 Å². The second-order valence-corrected chi connectivity index (χ2v) is 8.83. The van der Waals surface area contributed by atoms with Gasteiger partial charge in [0.05, 0.1) is 17.9 Å². The number of para-hydroxylation sites is 1. The zero-order valence-electron chi connectivity index (χ0n) is 17.4. The molecular weight excluding hydrogens is 454 g/mol. The third-order valence-corrected chi connectivity index (χ3v) is 6.40. The average molecular weight is 476 g/mol. The van der Waals surface area contributed by atoms with Crippen LogP contribution in [0.5, 0.6) is 0 Å². The number of aromatic nitrogens is 2. The van der Waals surface area contributed by atoms with E-state index in [4.69, 9.17) is 9.52 Å². The van der Waals surface area contributed by atoms with Crippen LogP contribution in [0.15, 0.2) is 63.6 Å². The zero-order valence-corrected chi connectivity index (χ0v) is 19.0. The van der Waals surface area contributed by atoms with Gasteiger partial charge in [-0.05, 0) is 59.5 Å². The number of hydrogen-bond donors (Lipinski definition) is 1. The lowest BCUT2D eigenvalue weighted by atomic mass is 9.93. The Morgan fingerprint density at radius 3 is 2.68 bits per heavy atom. The molecule has 2 heterocycles. The molecule has 5 nitrogen and oxygen atoms in total. The Labute approximate surface area is 189 Å². The molecule has 1 aliphatic carbocycles. The highest BCUT2D eigenvalue weighted by Crippen LogP contribution is 2.38. The van der Waals surface area contributed by atoms with Gasteiger partial charge >= 0.3 is 0 Å². The molecule has 156 valence electrons. The summed E-state index contributed by atoms with van der Waals surface area (Å²) in [5, 5.41) is 7.80. The van der Waals surface area contributed by atoms with Gasteiger partial charge in [0.2, 0.25) is 0 Å². The quantitative estimate of drug-likeness (QED) is 0.398. The van der Waals surface area contributed by atoms with Crippen molar-refractivity contribution >= 4 is 27.5 Å². The van der Waals surface area contributed by atoms with Gasteiger partial charge in [-0.3, -0.25) is 9.48 Å². The predicted octanol–water partition coefficient (Wildman–Crippen LogP) is 5.92. The standard InChI is InChI=1S/C25H22BrN3O2/c1-15-7-9-17(10-8-15)13-29-14-18-11-12-21-22(23(18)28-29)16(2)24(31-21)25(30)27-20-6-4-3-5-19(20)26/h3-10,14H,11-13H2,1-2H3,(H,27,30). The molecule has 0 bridgehead atoms. The van der Waals surface area contributed by atoms with E-state index in [1.54, 1.807) is 0 Å². The van der Waals surface area contributed by atoms with E-state index in [-0.39, 0.29) is 5.91 Å². The third kappa shape index (κ3) is 3.72. The molecule has 1 aliphatic rings. The number of fused-ring (bicyclic) bond motifs is 3. The van der Waals surface area contributed by atoms with Gasteiger partial charge in [0, 0.05) is 28.2 Å². The van der Waals surface area contributed by atoms with Crippen molar-refractivity contribution in [3.05, 3.63) is 93.0 Å². The van der Waals surface area contributed by atoms with E-state index in [1.807, 2.05) is 35.9 Å². The predicted molar refractivity (Wildman–Crippen MR) is 124 cm³/mol. The van der Waals surface area contributed by atoms with Crippen LogP contribution in [0.4, 0.5) is 5.69 Å². The third-order valence-electron chi connectivity index (χ3n) is 5.71. The monoisotopic (exact) mass is 475 g/mol. The first-order valence-electron chi connectivity index (χ1n) is 10.3. The number of hydrogen-bond acceptors (Lipinski definition) is 3. The van der Waals surface area contributed by atoms with Gasteiger partial charge in [-0.2, -0.15) is 5.10 Å². The molecule has 0 fully saturated rings. The van der Waals surface area contributed by atoms with Crippen molar-refractivity contribution in [1.82, 2.24) is 9.78 Å². The van der Waals surface area contributed by atoms with Crippen LogP contribution in [0.2, 0.25) is 0 Å². The summed E-state index contributed by atoms with van der Waals surface area (Å²) in [5.74, 6) is 0.934. The number of nitrogens with zero attached hydrogens (tertiary/aromatic N) is 2. The SMILES string of the molecule is Cc1ccc(Cn2cc3c(n2)-c2c(oc(C(=O)Nc4ccccc4Br)c2C)CC3)cc1. The number of carbonyl (C=O) groups excluding carboxylic acids is 1. The Balaban J connectivity index is 1.45. The van der Waals surface area contributed by atoms with Crippen LogP contribution in [0.25, 0.3) is 11.3 Å². The van der Waals surface area contributed by atoms with Gasteiger partial charge < -0.3 is 9.73 Å². The van der Waals surface area contributed by atoms with Crippen molar-refractivity contribution in [2.45, 2.75) is 33.2 Å². The van der Waals surface area contributed by atoms with E-state index in [9.17, 15) is 4.79 Å². The maximum absolute atomic E-state index is 12.9. The maximum Gasteiger partial charge on any atom is 0.291 e. The Morgan fingerprint density at radius 2 is 1.90 bits per heavy atom. The van der Waals surface area contributed by atoms with Crippen molar-refractivity contribution in [2.75, 3.05) is 5.32 Å². The van der Waals surface area contributed by atoms with Crippen LogP contribution < -0.4 is 5.32 Å². The molecular formula is C25H22BrN3O2. The Bertz CT molecular complexity index is 1280. The summed E-state index contributed by atoms with van der Waals surface area (Å²) in [6.07, 6.45) is 3.74. The molecule has 0 aliphatic heterocycles. The average Bonchev–Trinajstić information content (AvgIpc) is 3.31. The fourth-order valence-corrected chi connectivity index (χ4v) is 4.47. The van der Waals surface area contributed by atoms with Crippen molar-refractivity contribution in [2.24, 2.45) is 0 Å². The minimum absolute atomic E-state index is 0.251. The number of carbonyl (C=O) groups is 1. The second-order valence-electron chi connectivity index (χ2n) is 7.97. The molecule has 5 rings (SSSR count). The summed E-state index contributed by atoms with van der Waals surface area (Å²) in [4.78, 5) is 12.9.